The number of aryl methyl sites for hydroxylation is 3. The van der Waals surface area contributed by atoms with Crippen LogP contribution >= 0.6 is 11.3 Å². The van der Waals surface area contributed by atoms with E-state index in [9.17, 15) is 5.11 Å². The van der Waals surface area contributed by atoms with E-state index in [-0.39, 0.29) is 12.0 Å². The number of hydrogen-bond acceptors (Lipinski definition) is 8. The van der Waals surface area contributed by atoms with Gasteiger partial charge in [-0.2, -0.15) is 0 Å². The average molecular weight is 802 g/mol. The largest absolute Gasteiger partial charge is 0.508 e. The number of benzene rings is 4. The summed E-state index contributed by atoms with van der Waals surface area (Å²) >= 11 is 1.81. The number of phenols is 1. The average Bonchev–Trinajstić information content (AvgIpc) is 3.76. The molecule has 59 heavy (non-hydrogen) atoms. The zero-order valence-corrected chi connectivity index (χ0v) is 35.6. The second-order valence-corrected chi connectivity index (χ2v) is 18.5. The van der Waals surface area contributed by atoms with Crippen molar-refractivity contribution in [1.29, 1.82) is 0 Å². The number of aromatic nitrogens is 3. The molecule has 4 aliphatic rings. The lowest BCUT2D eigenvalue weighted by atomic mass is 9.69. The van der Waals surface area contributed by atoms with Crippen molar-refractivity contribution in [3.05, 3.63) is 153 Å². The molecule has 3 atom stereocenters. The van der Waals surface area contributed by atoms with E-state index in [0.29, 0.717) is 11.7 Å². The molecule has 8 nitrogen and oxygen atoms in total. The first-order chi connectivity index (χ1) is 28.8. The van der Waals surface area contributed by atoms with E-state index in [4.69, 9.17) is 4.99 Å². The number of fused-ring (bicyclic) bond motifs is 4. The molecule has 0 amide bonds. The molecule has 4 aromatic carbocycles. The molecule has 9 heteroatoms. The lowest BCUT2D eigenvalue weighted by molar-refractivity contribution is 0.201. The SMILES string of the molecule is Cc1sc2c(c1C)C(c1ccc(N3CCN(CC4CCN(c5ccc(C6c7ccc(O)cc7CCC6c6ccccc6)cc5)CC4)CC3)cc1)=N[C@@H](C)c1nnc(C)n1-2. The van der Waals surface area contributed by atoms with Gasteiger partial charge >= 0.3 is 0 Å². The zero-order valence-electron chi connectivity index (χ0n) is 34.8. The number of thiophene rings is 1. The molecular formula is C50H55N7OS. The third-order valence-corrected chi connectivity index (χ3v) is 15.0. The first-order valence-electron chi connectivity index (χ1n) is 21.7. The Morgan fingerprint density at radius 2 is 1.42 bits per heavy atom. The van der Waals surface area contributed by atoms with Crippen molar-refractivity contribution >= 4 is 28.4 Å². The summed E-state index contributed by atoms with van der Waals surface area (Å²) in [5, 5.41) is 20.4. The van der Waals surface area contributed by atoms with Gasteiger partial charge in [-0.15, -0.1) is 21.5 Å². The molecule has 1 N–H and O–H groups in total. The van der Waals surface area contributed by atoms with Crippen LogP contribution in [0.5, 0.6) is 5.75 Å². The van der Waals surface area contributed by atoms with Crippen molar-refractivity contribution in [2.75, 3.05) is 55.6 Å². The fourth-order valence-corrected chi connectivity index (χ4v) is 11.6. The molecule has 1 aliphatic carbocycles. The summed E-state index contributed by atoms with van der Waals surface area (Å²) in [6.45, 7) is 16.3. The Kier molecular flexibility index (Phi) is 10.1. The van der Waals surface area contributed by atoms with Crippen LogP contribution in [0.3, 0.4) is 0 Å². The minimum Gasteiger partial charge on any atom is -0.508 e. The number of anilines is 2. The Labute approximate surface area is 352 Å². The number of hydrogen-bond donors (Lipinski definition) is 1. The summed E-state index contributed by atoms with van der Waals surface area (Å²) in [6, 6.07) is 35.5. The van der Waals surface area contributed by atoms with Gasteiger partial charge in [-0.25, -0.2) is 0 Å². The lowest BCUT2D eigenvalue weighted by Crippen LogP contribution is -2.49. The van der Waals surface area contributed by atoms with Gasteiger partial charge in [-0.05, 0) is 129 Å². The number of rotatable bonds is 7. The predicted octanol–water partition coefficient (Wildman–Crippen LogP) is 9.77. The first-order valence-corrected chi connectivity index (χ1v) is 22.5. The van der Waals surface area contributed by atoms with Crippen LogP contribution in [-0.4, -0.2) is 76.3 Å². The molecule has 0 spiro atoms. The summed E-state index contributed by atoms with van der Waals surface area (Å²) < 4.78 is 2.21. The van der Waals surface area contributed by atoms with Gasteiger partial charge in [0, 0.05) is 79.1 Å². The molecule has 10 rings (SSSR count). The third kappa shape index (κ3) is 7.16. The van der Waals surface area contributed by atoms with Gasteiger partial charge in [-0.3, -0.25) is 14.5 Å². The maximum absolute atomic E-state index is 10.3. The van der Waals surface area contributed by atoms with Gasteiger partial charge in [0.15, 0.2) is 5.82 Å². The standard InChI is InChI=1S/C50H55N7OS/c1-32-34(3)59-50-46(32)48(51-33(2)49-53-52-35(4)57(49)50)39-12-17-42(18-13-39)56-28-26-54(27-29-56)31-36-22-24-55(25-23-36)41-15-10-38(11-16-41)47-44(37-8-6-5-7-9-37)20-14-40-30-43(58)19-21-45(40)47/h5-13,15-19,21,30,33,36,44,47,58H,14,20,22-29,31H2,1-4H3/t33-,44?,47?/m0/s1. The highest BCUT2D eigenvalue weighted by Crippen LogP contribution is 2.47. The Bertz CT molecular complexity index is 2470. The third-order valence-electron chi connectivity index (χ3n) is 13.8. The molecule has 2 fully saturated rings. The van der Waals surface area contributed by atoms with Gasteiger partial charge in [-0.1, -0.05) is 60.7 Å². The highest BCUT2D eigenvalue weighted by atomic mass is 32.1. The van der Waals surface area contributed by atoms with Crippen LogP contribution in [0.25, 0.3) is 5.00 Å². The topological polar surface area (TPSA) is 73.0 Å². The fraction of sp³-hybridized carbons (Fsp3) is 0.380. The summed E-state index contributed by atoms with van der Waals surface area (Å²) in [5.41, 5.74) is 12.8. The molecule has 6 aromatic rings. The minimum absolute atomic E-state index is 0.0748. The number of piperazine rings is 1. The number of aromatic hydroxyl groups is 1. The van der Waals surface area contributed by atoms with Crippen LogP contribution < -0.4 is 9.80 Å². The van der Waals surface area contributed by atoms with Crippen LogP contribution in [0.1, 0.15) is 99.5 Å². The zero-order chi connectivity index (χ0) is 40.2. The number of phenolic OH excluding ortho intramolecular Hbond substituents is 1. The van der Waals surface area contributed by atoms with Crippen LogP contribution in [-0.2, 0) is 6.42 Å². The molecule has 2 saturated heterocycles. The van der Waals surface area contributed by atoms with Gasteiger partial charge in [0.25, 0.3) is 0 Å². The molecule has 2 unspecified atom stereocenters. The Balaban J connectivity index is 0.747. The molecular weight excluding hydrogens is 747 g/mol. The number of aliphatic imine (C=N–C) groups is 1. The minimum atomic E-state index is -0.0748. The van der Waals surface area contributed by atoms with Crippen molar-refractivity contribution in [3.8, 4) is 10.8 Å². The maximum atomic E-state index is 10.3. The maximum Gasteiger partial charge on any atom is 0.162 e. The lowest BCUT2D eigenvalue weighted by Gasteiger charge is -2.40. The quantitative estimate of drug-likeness (QED) is 0.173. The predicted molar refractivity (Wildman–Crippen MR) is 241 cm³/mol. The molecule has 2 aromatic heterocycles. The van der Waals surface area contributed by atoms with Gasteiger partial charge in [0.1, 0.15) is 22.6 Å². The van der Waals surface area contributed by atoms with E-state index < -0.39 is 0 Å². The summed E-state index contributed by atoms with van der Waals surface area (Å²) in [7, 11) is 0. The Hall–Kier alpha value is -5.25. The molecule has 3 aliphatic heterocycles. The second kappa shape index (κ2) is 15.7. The Morgan fingerprint density at radius 3 is 2.15 bits per heavy atom. The highest BCUT2D eigenvalue weighted by molar-refractivity contribution is 7.15. The van der Waals surface area contributed by atoms with Gasteiger partial charge in [0.05, 0.1) is 5.71 Å². The van der Waals surface area contributed by atoms with Gasteiger partial charge in [0.2, 0.25) is 0 Å². The molecule has 5 heterocycles. The normalized spacial score (nSPS) is 21.1. The van der Waals surface area contributed by atoms with Crippen molar-refractivity contribution in [2.45, 2.75) is 71.3 Å². The van der Waals surface area contributed by atoms with E-state index in [1.807, 2.05) is 30.4 Å². The van der Waals surface area contributed by atoms with E-state index in [1.165, 1.54) is 74.0 Å². The summed E-state index contributed by atoms with van der Waals surface area (Å²) in [4.78, 5) is 14.4. The number of nitrogens with zero attached hydrogens (tertiary/aromatic N) is 7. The Morgan fingerprint density at radius 1 is 0.729 bits per heavy atom. The van der Waals surface area contributed by atoms with Crippen LogP contribution in [0, 0.1) is 26.7 Å². The van der Waals surface area contributed by atoms with E-state index in [2.05, 4.69) is 135 Å². The van der Waals surface area contributed by atoms with E-state index in [1.54, 1.807) is 0 Å². The molecule has 302 valence electrons. The van der Waals surface area contributed by atoms with Crippen molar-refractivity contribution < 1.29 is 5.11 Å². The van der Waals surface area contributed by atoms with Gasteiger partial charge < -0.3 is 14.9 Å². The van der Waals surface area contributed by atoms with Crippen LogP contribution in [0.15, 0.2) is 102 Å². The molecule has 0 saturated carbocycles. The monoisotopic (exact) mass is 801 g/mol. The van der Waals surface area contributed by atoms with Crippen molar-refractivity contribution in [2.24, 2.45) is 10.9 Å². The van der Waals surface area contributed by atoms with E-state index >= 15 is 0 Å². The van der Waals surface area contributed by atoms with Crippen LogP contribution in [0.2, 0.25) is 0 Å². The van der Waals surface area contributed by atoms with E-state index in [0.717, 1.165) is 81.0 Å². The smallest absolute Gasteiger partial charge is 0.162 e. The highest BCUT2D eigenvalue weighted by Gasteiger charge is 2.33. The number of piperidine rings is 1. The molecule has 0 radical (unpaired) electrons. The van der Waals surface area contributed by atoms with Crippen LogP contribution in [0.4, 0.5) is 11.4 Å². The fourth-order valence-electron chi connectivity index (χ4n) is 10.4. The second-order valence-electron chi connectivity index (χ2n) is 17.3. The first kappa shape index (κ1) is 38.0. The van der Waals surface area contributed by atoms with Crippen molar-refractivity contribution in [1.82, 2.24) is 19.7 Å². The molecule has 0 bridgehead atoms. The summed E-state index contributed by atoms with van der Waals surface area (Å²) in [6.07, 6.45) is 4.56. The summed E-state index contributed by atoms with van der Waals surface area (Å²) in [5.74, 6) is 3.64. The van der Waals surface area contributed by atoms with Crippen molar-refractivity contribution in [3.63, 3.8) is 0 Å².